The summed E-state index contributed by atoms with van der Waals surface area (Å²) in [4.78, 5) is 13.0. The van der Waals surface area contributed by atoms with E-state index >= 15 is 0 Å². The van der Waals surface area contributed by atoms with Crippen LogP contribution in [0.3, 0.4) is 0 Å². The summed E-state index contributed by atoms with van der Waals surface area (Å²) in [6.07, 6.45) is 0.780. The summed E-state index contributed by atoms with van der Waals surface area (Å²) in [6, 6.07) is 25.4. The molecule has 182 valence electrons. The molecule has 1 saturated heterocycles. The Labute approximate surface area is 206 Å². The highest BCUT2D eigenvalue weighted by Gasteiger charge is 2.18. The predicted octanol–water partition coefficient (Wildman–Crippen LogP) is 3.72. The number of rotatable bonds is 9. The molecule has 1 fully saturated rings. The maximum atomic E-state index is 12.9. The van der Waals surface area contributed by atoms with Crippen LogP contribution in [-0.4, -0.2) is 67.5 Å². The van der Waals surface area contributed by atoms with Gasteiger partial charge in [0.2, 0.25) is 10.0 Å². The molecule has 0 amide bonds. The first-order valence-electron chi connectivity index (χ1n) is 12.1. The van der Waals surface area contributed by atoms with Crippen molar-refractivity contribution < 1.29 is 8.42 Å². The molecule has 3 aromatic carbocycles. The minimum atomic E-state index is -3.58. The lowest BCUT2D eigenvalue weighted by Crippen LogP contribution is -2.46. The van der Waals surface area contributed by atoms with Gasteiger partial charge in [-0.05, 0) is 36.7 Å². The minimum Gasteiger partial charge on any atom is -0.338 e. The van der Waals surface area contributed by atoms with Gasteiger partial charge in [-0.2, -0.15) is 0 Å². The molecule has 0 radical (unpaired) electrons. The third-order valence-electron chi connectivity index (χ3n) is 6.47. The summed E-state index contributed by atoms with van der Waals surface area (Å²) in [5.74, 6) is 0.729. The fraction of sp³-hybridized carbons (Fsp3) is 0.296. The first kappa shape index (κ1) is 23.7. The molecule has 0 atom stereocenters. The van der Waals surface area contributed by atoms with Crippen LogP contribution in [0.25, 0.3) is 22.4 Å². The molecule has 5 rings (SSSR count). The zero-order valence-electron chi connectivity index (χ0n) is 19.7. The molecule has 0 bridgehead atoms. The van der Waals surface area contributed by atoms with Gasteiger partial charge in [0.15, 0.2) is 0 Å². The molecule has 0 aliphatic carbocycles. The Hall–Kier alpha value is -3.04. The minimum absolute atomic E-state index is 0.253. The Kier molecular flexibility index (Phi) is 7.24. The van der Waals surface area contributed by atoms with Crippen LogP contribution in [0.1, 0.15) is 12.0 Å². The SMILES string of the molecule is O=S(=O)(NCCCN1CCN(Cc2ccccc2)CC1)c1ccc2nc(-c3ccccc3)[nH]c2c1. The fourth-order valence-corrected chi connectivity index (χ4v) is 5.59. The average Bonchev–Trinajstić information content (AvgIpc) is 3.32. The lowest BCUT2D eigenvalue weighted by Gasteiger charge is -2.34. The summed E-state index contributed by atoms with van der Waals surface area (Å²) < 4.78 is 28.5. The lowest BCUT2D eigenvalue weighted by molar-refractivity contribution is 0.126. The Morgan fingerprint density at radius 3 is 2.29 bits per heavy atom. The van der Waals surface area contributed by atoms with Crippen LogP contribution in [0.2, 0.25) is 0 Å². The van der Waals surface area contributed by atoms with Gasteiger partial charge < -0.3 is 9.88 Å². The van der Waals surface area contributed by atoms with E-state index in [1.165, 1.54) is 5.56 Å². The smallest absolute Gasteiger partial charge is 0.240 e. The lowest BCUT2D eigenvalue weighted by atomic mass is 10.2. The number of sulfonamides is 1. The molecule has 2 heterocycles. The quantitative estimate of drug-likeness (QED) is 0.350. The van der Waals surface area contributed by atoms with Gasteiger partial charge in [0.25, 0.3) is 0 Å². The van der Waals surface area contributed by atoms with Gasteiger partial charge in [-0.1, -0.05) is 60.7 Å². The molecule has 1 aliphatic heterocycles. The molecule has 8 heteroatoms. The number of aromatic amines is 1. The Morgan fingerprint density at radius 2 is 1.54 bits per heavy atom. The van der Waals surface area contributed by atoms with Crippen molar-refractivity contribution in [1.29, 1.82) is 0 Å². The van der Waals surface area contributed by atoms with Crippen LogP contribution in [0.15, 0.2) is 83.8 Å². The van der Waals surface area contributed by atoms with Crippen molar-refractivity contribution in [3.8, 4) is 11.4 Å². The van der Waals surface area contributed by atoms with Crippen LogP contribution in [0.5, 0.6) is 0 Å². The standard InChI is InChI=1S/C27H31N5O2S/c33-35(34,24-12-13-25-26(20-24)30-27(29-25)23-10-5-2-6-11-23)28-14-7-15-31-16-18-32(19-17-31)21-22-8-3-1-4-9-22/h1-6,8-13,20,28H,7,14-19,21H2,(H,29,30). The van der Waals surface area contributed by atoms with Gasteiger partial charge in [0, 0.05) is 44.8 Å². The Bertz CT molecular complexity index is 1350. The van der Waals surface area contributed by atoms with E-state index in [1.54, 1.807) is 18.2 Å². The first-order valence-corrected chi connectivity index (χ1v) is 13.6. The summed E-state index contributed by atoms with van der Waals surface area (Å²) in [7, 11) is -3.58. The van der Waals surface area contributed by atoms with Crippen molar-refractivity contribution in [2.45, 2.75) is 17.9 Å². The number of nitrogens with zero attached hydrogens (tertiary/aromatic N) is 3. The third kappa shape index (κ3) is 5.97. The van der Waals surface area contributed by atoms with E-state index in [9.17, 15) is 8.42 Å². The van der Waals surface area contributed by atoms with Crippen LogP contribution >= 0.6 is 0 Å². The van der Waals surface area contributed by atoms with Gasteiger partial charge in [0.05, 0.1) is 15.9 Å². The topological polar surface area (TPSA) is 81.3 Å². The van der Waals surface area contributed by atoms with Crippen molar-refractivity contribution in [3.05, 3.63) is 84.4 Å². The highest BCUT2D eigenvalue weighted by Crippen LogP contribution is 2.22. The molecule has 7 nitrogen and oxygen atoms in total. The summed E-state index contributed by atoms with van der Waals surface area (Å²) in [6.45, 7) is 6.40. The highest BCUT2D eigenvalue weighted by molar-refractivity contribution is 7.89. The number of benzene rings is 3. The molecule has 0 unspecified atom stereocenters. The zero-order valence-corrected chi connectivity index (χ0v) is 20.5. The monoisotopic (exact) mass is 489 g/mol. The summed E-state index contributed by atoms with van der Waals surface area (Å²) in [5, 5.41) is 0. The predicted molar refractivity (Wildman–Crippen MR) is 139 cm³/mol. The molecule has 1 aromatic heterocycles. The largest absolute Gasteiger partial charge is 0.338 e. The van der Waals surface area contributed by atoms with Gasteiger partial charge in [0.1, 0.15) is 5.82 Å². The second-order valence-electron chi connectivity index (χ2n) is 8.99. The van der Waals surface area contributed by atoms with Gasteiger partial charge >= 0.3 is 0 Å². The van der Waals surface area contributed by atoms with Crippen LogP contribution in [0, 0.1) is 0 Å². The van der Waals surface area contributed by atoms with Gasteiger partial charge in [-0.25, -0.2) is 18.1 Å². The molecule has 0 saturated carbocycles. The average molecular weight is 490 g/mol. The molecular weight excluding hydrogens is 458 g/mol. The molecule has 2 N–H and O–H groups in total. The Balaban J connectivity index is 1.10. The summed E-state index contributed by atoms with van der Waals surface area (Å²) in [5.41, 5.74) is 3.77. The van der Waals surface area contributed by atoms with Crippen molar-refractivity contribution in [2.75, 3.05) is 39.3 Å². The summed E-state index contributed by atoms with van der Waals surface area (Å²) >= 11 is 0. The van der Waals surface area contributed by atoms with E-state index in [4.69, 9.17) is 0 Å². The van der Waals surface area contributed by atoms with E-state index in [-0.39, 0.29) is 4.90 Å². The van der Waals surface area contributed by atoms with Crippen molar-refractivity contribution >= 4 is 21.1 Å². The number of aromatic nitrogens is 2. The molecule has 0 spiro atoms. The van der Waals surface area contributed by atoms with E-state index in [2.05, 4.69) is 48.8 Å². The second kappa shape index (κ2) is 10.7. The highest BCUT2D eigenvalue weighted by atomic mass is 32.2. The molecular formula is C27H31N5O2S. The maximum Gasteiger partial charge on any atom is 0.240 e. The maximum absolute atomic E-state index is 12.9. The third-order valence-corrected chi connectivity index (χ3v) is 7.93. The molecule has 4 aromatic rings. The van der Waals surface area contributed by atoms with Crippen molar-refractivity contribution in [3.63, 3.8) is 0 Å². The van der Waals surface area contributed by atoms with E-state index in [0.717, 1.165) is 62.6 Å². The number of H-pyrrole nitrogens is 1. The van der Waals surface area contributed by atoms with Gasteiger partial charge in [-0.3, -0.25) is 4.90 Å². The number of hydrogen-bond acceptors (Lipinski definition) is 5. The first-order chi connectivity index (χ1) is 17.1. The van der Waals surface area contributed by atoms with Crippen LogP contribution in [-0.2, 0) is 16.6 Å². The van der Waals surface area contributed by atoms with Crippen molar-refractivity contribution in [1.82, 2.24) is 24.5 Å². The fourth-order valence-electron chi connectivity index (χ4n) is 4.49. The number of piperazine rings is 1. The number of nitrogens with one attached hydrogen (secondary N) is 2. The normalized spacial score (nSPS) is 15.5. The number of imidazole rings is 1. The number of fused-ring (bicyclic) bond motifs is 1. The van der Waals surface area contributed by atoms with Crippen LogP contribution in [0.4, 0.5) is 0 Å². The van der Waals surface area contributed by atoms with Gasteiger partial charge in [-0.15, -0.1) is 0 Å². The van der Waals surface area contributed by atoms with E-state index in [1.807, 2.05) is 36.4 Å². The number of hydrogen-bond donors (Lipinski definition) is 2. The Morgan fingerprint density at radius 1 is 0.857 bits per heavy atom. The molecule has 35 heavy (non-hydrogen) atoms. The van der Waals surface area contributed by atoms with E-state index in [0.29, 0.717) is 12.1 Å². The van der Waals surface area contributed by atoms with E-state index < -0.39 is 10.0 Å². The second-order valence-corrected chi connectivity index (χ2v) is 10.8. The molecule has 1 aliphatic rings. The van der Waals surface area contributed by atoms with Crippen LogP contribution < -0.4 is 4.72 Å². The van der Waals surface area contributed by atoms with Crippen molar-refractivity contribution in [2.24, 2.45) is 0 Å². The zero-order chi connectivity index (χ0) is 24.1.